The van der Waals surface area contributed by atoms with Crippen molar-refractivity contribution in [2.45, 2.75) is 19.1 Å². The van der Waals surface area contributed by atoms with Gasteiger partial charge in [0.2, 0.25) is 0 Å². The van der Waals surface area contributed by atoms with Crippen LogP contribution in [0.5, 0.6) is 0 Å². The Hall–Kier alpha value is -1.08. The zero-order chi connectivity index (χ0) is 14.0. The summed E-state index contributed by atoms with van der Waals surface area (Å²) >= 11 is 4.70. The van der Waals surface area contributed by atoms with Gasteiger partial charge < -0.3 is 5.32 Å². The highest BCUT2D eigenvalue weighted by molar-refractivity contribution is 9.10. The average molecular weight is 351 g/mol. The highest BCUT2D eigenvalue weighted by atomic mass is 79.9. The minimum atomic E-state index is -4.35. The van der Waals surface area contributed by atoms with E-state index in [0.29, 0.717) is 10.2 Å². The number of nitrogens with one attached hydrogen (secondary N) is 1. The van der Waals surface area contributed by atoms with Crippen LogP contribution >= 0.6 is 27.3 Å². The fourth-order valence-electron chi connectivity index (χ4n) is 1.56. The minimum absolute atomic E-state index is 0.153. The quantitative estimate of drug-likeness (QED) is 0.833. The summed E-state index contributed by atoms with van der Waals surface area (Å²) in [7, 11) is 0. The Morgan fingerprint density at radius 1 is 1.37 bits per heavy atom. The molecule has 0 spiro atoms. The summed E-state index contributed by atoms with van der Waals surface area (Å²) in [6.45, 7) is 1.85. The van der Waals surface area contributed by atoms with Crippen LogP contribution in [0.3, 0.4) is 0 Å². The predicted molar refractivity (Wildman–Crippen MR) is 73.3 cm³/mol. The average Bonchev–Trinajstić information content (AvgIpc) is 2.84. The number of rotatable bonds is 3. The third-order valence-electron chi connectivity index (χ3n) is 2.49. The van der Waals surface area contributed by atoms with Gasteiger partial charge in [0.25, 0.3) is 0 Å². The van der Waals surface area contributed by atoms with Gasteiger partial charge in [-0.15, -0.1) is 11.3 Å². The summed E-state index contributed by atoms with van der Waals surface area (Å²) in [4.78, 5) is 4.13. The molecule has 0 saturated carbocycles. The molecule has 7 heteroatoms. The lowest BCUT2D eigenvalue weighted by Gasteiger charge is -2.16. The number of anilines is 1. The molecule has 0 amide bonds. The van der Waals surface area contributed by atoms with E-state index in [4.69, 9.17) is 0 Å². The molecule has 1 heterocycles. The summed E-state index contributed by atoms with van der Waals surface area (Å²) in [6, 6.07) is 3.37. The highest BCUT2D eigenvalue weighted by Gasteiger charge is 2.31. The number of aromatic nitrogens is 1. The molecule has 2 nitrogen and oxygen atoms in total. The summed E-state index contributed by atoms with van der Waals surface area (Å²) < 4.78 is 38.6. The van der Waals surface area contributed by atoms with Crippen LogP contribution in [0.2, 0.25) is 0 Å². The molecule has 0 aliphatic carbocycles. The van der Waals surface area contributed by atoms with Gasteiger partial charge in [-0.3, -0.25) is 0 Å². The van der Waals surface area contributed by atoms with E-state index in [1.165, 1.54) is 17.4 Å². The molecule has 19 heavy (non-hydrogen) atoms. The first kappa shape index (κ1) is 14.3. The van der Waals surface area contributed by atoms with Crippen LogP contribution < -0.4 is 5.32 Å². The Kier molecular flexibility index (Phi) is 4.15. The molecular formula is C12H10BrF3N2S. The van der Waals surface area contributed by atoms with E-state index in [-0.39, 0.29) is 6.04 Å². The summed E-state index contributed by atoms with van der Waals surface area (Å²) in [6.07, 6.45) is -2.68. The van der Waals surface area contributed by atoms with Crippen molar-refractivity contribution in [1.82, 2.24) is 4.98 Å². The van der Waals surface area contributed by atoms with Crippen molar-refractivity contribution < 1.29 is 13.2 Å². The molecule has 102 valence electrons. The first-order valence-corrected chi connectivity index (χ1v) is 7.08. The molecular weight excluding hydrogens is 341 g/mol. The van der Waals surface area contributed by atoms with E-state index in [1.807, 2.05) is 12.3 Å². The summed E-state index contributed by atoms with van der Waals surface area (Å²) in [5, 5.41) is 5.68. The van der Waals surface area contributed by atoms with Gasteiger partial charge in [-0.25, -0.2) is 4.98 Å². The van der Waals surface area contributed by atoms with Gasteiger partial charge in [-0.2, -0.15) is 13.2 Å². The molecule has 0 saturated heterocycles. The van der Waals surface area contributed by atoms with Gasteiger partial charge in [-0.05, 0) is 41.1 Å². The Morgan fingerprint density at radius 3 is 2.68 bits per heavy atom. The van der Waals surface area contributed by atoms with Gasteiger partial charge in [-0.1, -0.05) is 0 Å². The van der Waals surface area contributed by atoms with Gasteiger partial charge in [0.15, 0.2) is 0 Å². The monoisotopic (exact) mass is 350 g/mol. The molecule has 0 aliphatic rings. The number of thiazole rings is 1. The number of nitrogens with zero attached hydrogens (tertiary/aromatic N) is 1. The molecule has 1 unspecified atom stereocenters. The molecule has 1 atom stereocenters. The topological polar surface area (TPSA) is 24.9 Å². The van der Waals surface area contributed by atoms with Crippen molar-refractivity contribution in [3.63, 3.8) is 0 Å². The Balaban J connectivity index is 2.25. The highest BCUT2D eigenvalue weighted by Crippen LogP contribution is 2.35. The maximum Gasteiger partial charge on any atom is 0.416 e. The SMILES string of the molecule is CC(Nc1cc(C(F)(F)F)ccc1Br)c1nccs1. The van der Waals surface area contributed by atoms with Crippen LogP contribution in [-0.4, -0.2) is 4.98 Å². The van der Waals surface area contributed by atoms with Crippen molar-refractivity contribution >= 4 is 33.0 Å². The van der Waals surface area contributed by atoms with Crippen molar-refractivity contribution in [1.29, 1.82) is 0 Å². The molecule has 0 fully saturated rings. The number of hydrogen-bond donors (Lipinski definition) is 1. The van der Waals surface area contributed by atoms with Crippen LogP contribution in [0, 0.1) is 0 Å². The van der Waals surface area contributed by atoms with Crippen LogP contribution in [0.15, 0.2) is 34.2 Å². The maximum atomic E-state index is 12.7. The normalized spacial score (nSPS) is 13.3. The van der Waals surface area contributed by atoms with Crippen molar-refractivity contribution in [3.8, 4) is 0 Å². The lowest BCUT2D eigenvalue weighted by Crippen LogP contribution is -2.09. The zero-order valence-electron chi connectivity index (χ0n) is 9.83. The Labute approximate surface area is 120 Å². The van der Waals surface area contributed by atoms with E-state index in [1.54, 1.807) is 6.20 Å². The minimum Gasteiger partial charge on any atom is -0.375 e. The van der Waals surface area contributed by atoms with E-state index in [9.17, 15) is 13.2 Å². The zero-order valence-corrected chi connectivity index (χ0v) is 12.2. The predicted octanol–water partition coefficient (Wildman–Crippen LogP) is 5.10. The van der Waals surface area contributed by atoms with Gasteiger partial charge in [0.05, 0.1) is 11.6 Å². The maximum absolute atomic E-state index is 12.7. The van der Waals surface area contributed by atoms with Gasteiger partial charge in [0, 0.05) is 21.7 Å². The number of hydrogen-bond acceptors (Lipinski definition) is 3. The summed E-state index contributed by atoms with van der Waals surface area (Å²) in [5.74, 6) is 0. The Morgan fingerprint density at radius 2 is 2.11 bits per heavy atom. The van der Waals surface area contributed by atoms with E-state index >= 15 is 0 Å². The third kappa shape index (κ3) is 3.48. The lowest BCUT2D eigenvalue weighted by atomic mass is 10.2. The van der Waals surface area contributed by atoms with Gasteiger partial charge >= 0.3 is 6.18 Å². The molecule has 1 aromatic carbocycles. The number of alkyl halides is 3. The van der Waals surface area contributed by atoms with Crippen molar-refractivity contribution in [2.24, 2.45) is 0 Å². The van der Waals surface area contributed by atoms with Crippen molar-refractivity contribution in [3.05, 3.63) is 44.8 Å². The van der Waals surface area contributed by atoms with Crippen LogP contribution in [0.25, 0.3) is 0 Å². The molecule has 0 radical (unpaired) electrons. The van der Waals surface area contributed by atoms with Crippen LogP contribution in [0.4, 0.5) is 18.9 Å². The molecule has 1 aromatic heterocycles. The lowest BCUT2D eigenvalue weighted by molar-refractivity contribution is -0.137. The fourth-order valence-corrected chi connectivity index (χ4v) is 2.56. The van der Waals surface area contributed by atoms with E-state index < -0.39 is 11.7 Å². The molecule has 0 aliphatic heterocycles. The fraction of sp³-hybridized carbons (Fsp3) is 0.250. The molecule has 1 N–H and O–H groups in total. The van der Waals surface area contributed by atoms with Crippen molar-refractivity contribution in [2.75, 3.05) is 5.32 Å². The molecule has 2 rings (SSSR count). The second kappa shape index (κ2) is 5.50. The summed E-state index contributed by atoms with van der Waals surface area (Å²) in [5.41, 5.74) is -0.276. The second-order valence-electron chi connectivity index (χ2n) is 3.93. The number of halogens is 4. The van der Waals surface area contributed by atoms with Gasteiger partial charge in [0.1, 0.15) is 5.01 Å². The molecule has 0 bridgehead atoms. The standard InChI is InChI=1S/C12H10BrF3N2S/c1-7(11-17-4-5-19-11)18-10-6-8(12(14,15)16)2-3-9(10)13/h2-7,18H,1H3. The smallest absolute Gasteiger partial charge is 0.375 e. The molecule has 2 aromatic rings. The van der Waals surface area contributed by atoms with Crippen LogP contribution in [0.1, 0.15) is 23.5 Å². The van der Waals surface area contributed by atoms with E-state index in [0.717, 1.165) is 17.1 Å². The first-order chi connectivity index (χ1) is 8.88. The first-order valence-electron chi connectivity index (χ1n) is 5.40. The Bertz CT molecular complexity index is 555. The van der Waals surface area contributed by atoms with Crippen LogP contribution in [-0.2, 0) is 6.18 Å². The third-order valence-corrected chi connectivity index (χ3v) is 4.14. The largest absolute Gasteiger partial charge is 0.416 e. The number of benzene rings is 1. The van der Waals surface area contributed by atoms with E-state index in [2.05, 4.69) is 26.2 Å². The second-order valence-corrected chi connectivity index (χ2v) is 5.71.